The second kappa shape index (κ2) is 8.67. The molecule has 0 bridgehead atoms. The summed E-state index contributed by atoms with van der Waals surface area (Å²) in [6, 6.07) is 17.8. The molecule has 0 atom stereocenters. The van der Waals surface area contributed by atoms with Gasteiger partial charge < -0.3 is 14.2 Å². The Morgan fingerprint density at radius 2 is 1.79 bits per heavy atom. The van der Waals surface area contributed by atoms with Crippen LogP contribution in [-0.4, -0.2) is 10.9 Å². The average molecular weight is 546 g/mol. The van der Waals surface area contributed by atoms with Crippen molar-refractivity contribution in [2.24, 2.45) is 0 Å². The van der Waals surface area contributed by atoms with Crippen molar-refractivity contribution in [3.05, 3.63) is 92.8 Å². The Hall–Kier alpha value is -3.13. The quantitative estimate of drug-likeness (QED) is 0.247. The van der Waals surface area contributed by atoms with Crippen LogP contribution in [0.3, 0.4) is 0 Å². The highest BCUT2D eigenvalue weighted by atomic mass is 79.9. The number of nitrogens with zero attached hydrogens (tertiary/aromatic N) is 1. The Labute approximate surface area is 205 Å². The number of aromatic nitrogens is 1. The van der Waals surface area contributed by atoms with Gasteiger partial charge in [0, 0.05) is 15.7 Å². The van der Waals surface area contributed by atoms with E-state index in [9.17, 15) is 9.18 Å². The third-order valence-electron chi connectivity index (χ3n) is 4.84. The number of anilines is 1. The van der Waals surface area contributed by atoms with Gasteiger partial charge in [0.25, 0.3) is 5.91 Å². The molecular formula is C24H12BrCl2FN2O3. The molecule has 0 aliphatic rings. The zero-order valence-electron chi connectivity index (χ0n) is 16.5. The van der Waals surface area contributed by atoms with Crippen molar-refractivity contribution in [1.29, 1.82) is 0 Å². The standard InChI is InChI=1S/C24H12BrCl2FN2O3/c25-13-2-4-16(26)15(10-13)24-30-19-11-14(3-6-21(19)33-24)29-23(31)22-8-7-20(32-22)12-1-5-18(28)17(27)9-12/h1-11H,(H,29,31). The third-order valence-corrected chi connectivity index (χ3v) is 5.95. The van der Waals surface area contributed by atoms with Gasteiger partial charge in [0.2, 0.25) is 5.89 Å². The molecule has 0 unspecified atom stereocenters. The Kier molecular flexibility index (Phi) is 5.70. The monoisotopic (exact) mass is 544 g/mol. The van der Waals surface area contributed by atoms with Crippen LogP contribution < -0.4 is 5.32 Å². The summed E-state index contributed by atoms with van der Waals surface area (Å²) in [5.41, 5.74) is 2.82. The zero-order chi connectivity index (χ0) is 23.1. The molecule has 2 heterocycles. The number of nitrogens with one attached hydrogen (secondary N) is 1. The van der Waals surface area contributed by atoms with Crippen LogP contribution in [-0.2, 0) is 0 Å². The lowest BCUT2D eigenvalue weighted by molar-refractivity contribution is 0.0997. The van der Waals surface area contributed by atoms with E-state index in [1.807, 2.05) is 12.1 Å². The molecule has 5 rings (SSSR count). The predicted molar refractivity (Wildman–Crippen MR) is 129 cm³/mol. The van der Waals surface area contributed by atoms with Gasteiger partial charge in [-0.1, -0.05) is 39.1 Å². The second-order valence-electron chi connectivity index (χ2n) is 7.07. The first kappa shape index (κ1) is 21.7. The molecule has 0 fully saturated rings. The Morgan fingerprint density at radius 3 is 2.61 bits per heavy atom. The number of benzene rings is 3. The van der Waals surface area contributed by atoms with E-state index >= 15 is 0 Å². The molecule has 0 aliphatic heterocycles. The van der Waals surface area contributed by atoms with Crippen LogP contribution >= 0.6 is 39.1 Å². The van der Waals surface area contributed by atoms with Crippen molar-refractivity contribution in [1.82, 2.24) is 4.98 Å². The molecule has 33 heavy (non-hydrogen) atoms. The average Bonchev–Trinajstić information content (AvgIpc) is 3.44. The van der Waals surface area contributed by atoms with Gasteiger partial charge in [0.1, 0.15) is 17.1 Å². The highest BCUT2D eigenvalue weighted by Gasteiger charge is 2.16. The topological polar surface area (TPSA) is 68.3 Å². The molecular weight excluding hydrogens is 534 g/mol. The number of halogens is 4. The number of amides is 1. The lowest BCUT2D eigenvalue weighted by Crippen LogP contribution is -2.10. The van der Waals surface area contributed by atoms with Crippen LogP contribution in [0.15, 0.2) is 80.0 Å². The summed E-state index contributed by atoms with van der Waals surface area (Å²) in [6.07, 6.45) is 0. The van der Waals surface area contributed by atoms with Crippen LogP contribution in [0.1, 0.15) is 10.6 Å². The normalized spacial score (nSPS) is 11.2. The number of carbonyl (C=O) groups excluding carboxylic acids is 1. The fourth-order valence-electron chi connectivity index (χ4n) is 3.24. The number of furan rings is 1. The summed E-state index contributed by atoms with van der Waals surface area (Å²) < 4.78 is 25.7. The van der Waals surface area contributed by atoms with Gasteiger partial charge in [0.05, 0.1) is 15.6 Å². The SMILES string of the molecule is O=C(Nc1ccc2oc(-c3cc(Br)ccc3Cl)nc2c1)c1ccc(-c2ccc(F)c(Cl)c2)o1. The Balaban J connectivity index is 1.38. The largest absolute Gasteiger partial charge is 0.451 e. The van der Waals surface area contributed by atoms with Crippen molar-refractivity contribution in [2.75, 3.05) is 5.32 Å². The number of hydrogen-bond donors (Lipinski definition) is 1. The van der Waals surface area contributed by atoms with Gasteiger partial charge >= 0.3 is 0 Å². The smallest absolute Gasteiger partial charge is 0.291 e. The van der Waals surface area contributed by atoms with Gasteiger partial charge in [-0.05, 0) is 66.7 Å². The maximum absolute atomic E-state index is 13.4. The Bertz CT molecular complexity index is 1530. The number of rotatable bonds is 4. The van der Waals surface area contributed by atoms with Crippen molar-refractivity contribution in [2.45, 2.75) is 0 Å². The van der Waals surface area contributed by atoms with E-state index in [4.69, 9.17) is 32.0 Å². The third kappa shape index (κ3) is 4.39. The summed E-state index contributed by atoms with van der Waals surface area (Å²) >= 11 is 15.5. The lowest BCUT2D eigenvalue weighted by Gasteiger charge is -2.03. The van der Waals surface area contributed by atoms with Crippen LogP contribution in [0.4, 0.5) is 10.1 Å². The van der Waals surface area contributed by atoms with Gasteiger partial charge in [-0.15, -0.1) is 0 Å². The molecule has 0 spiro atoms. The highest BCUT2D eigenvalue weighted by molar-refractivity contribution is 9.10. The van der Waals surface area contributed by atoms with E-state index in [1.54, 1.807) is 30.3 Å². The van der Waals surface area contributed by atoms with Crippen molar-refractivity contribution >= 4 is 61.8 Å². The number of hydrogen-bond acceptors (Lipinski definition) is 4. The molecule has 0 radical (unpaired) electrons. The van der Waals surface area contributed by atoms with Crippen LogP contribution in [0, 0.1) is 5.82 Å². The van der Waals surface area contributed by atoms with Crippen molar-refractivity contribution in [3.63, 3.8) is 0 Å². The van der Waals surface area contributed by atoms with E-state index < -0.39 is 11.7 Å². The molecule has 0 saturated carbocycles. The molecule has 164 valence electrons. The van der Waals surface area contributed by atoms with Crippen LogP contribution in [0.25, 0.3) is 33.9 Å². The highest BCUT2D eigenvalue weighted by Crippen LogP contribution is 2.33. The molecule has 0 aliphatic carbocycles. The number of oxazole rings is 1. The maximum atomic E-state index is 13.4. The molecule has 0 saturated heterocycles. The minimum absolute atomic E-state index is 0.0284. The zero-order valence-corrected chi connectivity index (χ0v) is 19.6. The summed E-state index contributed by atoms with van der Waals surface area (Å²) in [5.74, 6) is -0.128. The minimum atomic E-state index is -0.529. The van der Waals surface area contributed by atoms with Crippen molar-refractivity contribution < 1.29 is 18.0 Å². The summed E-state index contributed by atoms with van der Waals surface area (Å²) in [7, 11) is 0. The lowest BCUT2D eigenvalue weighted by atomic mass is 10.2. The van der Waals surface area contributed by atoms with Crippen LogP contribution in [0.5, 0.6) is 0 Å². The summed E-state index contributed by atoms with van der Waals surface area (Å²) in [4.78, 5) is 17.2. The molecule has 1 amide bonds. The van der Waals surface area contributed by atoms with E-state index in [1.165, 1.54) is 24.3 Å². The maximum Gasteiger partial charge on any atom is 0.291 e. The van der Waals surface area contributed by atoms with Gasteiger partial charge in [0.15, 0.2) is 11.3 Å². The first-order chi connectivity index (χ1) is 15.9. The van der Waals surface area contributed by atoms with Gasteiger partial charge in [-0.2, -0.15) is 0 Å². The van der Waals surface area contributed by atoms with Gasteiger partial charge in [-0.25, -0.2) is 9.37 Å². The minimum Gasteiger partial charge on any atom is -0.451 e. The summed E-state index contributed by atoms with van der Waals surface area (Å²) in [5, 5.41) is 3.25. The number of fused-ring (bicyclic) bond motifs is 1. The van der Waals surface area contributed by atoms with Crippen molar-refractivity contribution in [3.8, 4) is 22.8 Å². The number of carbonyl (C=O) groups is 1. The predicted octanol–water partition coefficient (Wildman–Crippen LogP) is 8.22. The molecule has 1 N–H and O–H groups in total. The fourth-order valence-corrected chi connectivity index (χ4v) is 3.98. The molecule has 2 aromatic heterocycles. The van der Waals surface area contributed by atoms with E-state index in [2.05, 4.69) is 26.2 Å². The molecule has 3 aromatic carbocycles. The first-order valence-corrected chi connectivity index (χ1v) is 11.1. The second-order valence-corrected chi connectivity index (χ2v) is 8.80. The molecule has 5 nitrogen and oxygen atoms in total. The Morgan fingerprint density at radius 1 is 0.939 bits per heavy atom. The van der Waals surface area contributed by atoms with E-state index in [0.717, 1.165) is 4.47 Å². The van der Waals surface area contributed by atoms with E-state index in [0.29, 0.717) is 44.6 Å². The van der Waals surface area contributed by atoms with Crippen LogP contribution in [0.2, 0.25) is 10.0 Å². The molecule has 9 heteroatoms. The van der Waals surface area contributed by atoms with Gasteiger partial charge in [-0.3, -0.25) is 4.79 Å². The first-order valence-electron chi connectivity index (χ1n) is 9.60. The fraction of sp³-hybridized carbons (Fsp3) is 0. The summed E-state index contributed by atoms with van der Waals surface area (Å²) in [6.45, 7) is 0. The van der Waals surface area contributed by atoms with E-state index in [-0.39, 0.29) is 10.8 Å². The molecule has 5 aromatic rings.